The molecule has 0 amide bonds. The third-order valence-electron chi connectivity index (χ3n) is 4.80. The fraction of sp³-hybridized carbons (Fsp3) is 0.350. The van der Waals surface area contributed by atoms with Gasteiger partial charge in [0.2, 0.25) is 0 Å². The summed E-state index contributed by atoms with van der Waals surface area (Å²) < 4.78 is 20.3. The van der Waals surface area contributed by atoms with E-state index < -0.39 is 0 Å². The van der Waals surface area contributed by atoms with Gasteiger partial charge in [0.05, 0.1) is 22.3 Å². The topological polar surface area (TPSA) is 25.4 Å². The van der Waals surface area contributed by atoms with Crippen molar-refractivity contribution in [3.05, 3.63) is 58.9 Å². The summed E-state index contributed by atoms with van der Waals surface area (Å²) in [5, 5.41) is 1.22. The van der Waals surface area contributed by atoms with Crippen LogP contribution < -0.4 is 4.74 Å². The SMILES string of the molecule is COc1ccc(F)cc1CN1CCC[C@H](c2nc3ccccc3s2)C1. The largest absolute Gasteiger partial charge is 0.496 e. The molecule has 1 fully saturated rings. The summed E-state index contributed by atoms with van der Waals surface area (Å²) in [6.45, 7) is 2.70. The molecule has 3 aromatic rings. The average Bonchev–Trinajstić information content (AvgIpc) is 3.06. The molecule has 0 unspecified atom stereocenters. The summed E-state index contributed by atoms with van der Waals surface area (Å²) in [5.74, 6) is 0.991. The summed E-state index contributed by atoms with van der Waals surface area (Å²) in [6, 6.07) is 13.0. The van der Waals surface area contributed by atoms with E-state index in [1.165, 1.54) is 15.8 Å². The van der Waals surface area contributed by atoms with Crippen LogP contribution in [-0.2, 0) is 6.54 Å². The van der Waals surface area contributed by atoms with Gasteiger partial charge in [0, 0.05) is 24.6 Å². The minimum atomic E-state index is -0.212. The van der Waals surface area contributed by atoms with Gasteiger partial charge in [-0.2, -0.15) is 0 Å². The van der Waals surface area contributed by atoms with E-state index in [9.17, 15) is 4.39 Å². The second-order valence-corrected chi connectivity index (χ2v) is 7.61. The predicted molar refractivity (Wildman–Crippen MR) is 99.8 cm³/mol. The van der Waals surface area contributed by atoms with Gasteiger partial charge in [-0.15, -0.1) is 11.3 Å². The van der Waals surface area contributed by atoms with Crippen LogP contribution in [0, 0.1) is 5.82 Å². The third kappa shape index (κ3) is 3.53. The van der Waals surface area contributed by atoms with Crippen LogP contribution in [0.4, 0.5) is 4.39 Å². The number of hydrogen-bond acceptors (Lipinski definition) is 4. The monoisotopic (exact) mass is 356 g/mol. The first kappa shape index (κ1) is 16.5. The lowest BCUT2D eigenvalue weighted by Crippen LogP contribution is -2.34. The van der Waals surface area contributed by atoms with Gasteiger partial charge in [-0.1, -0.05) is 12.1 Å². The van der Waals surface area contributed by atoms with Crippen LogP contribution in [0.5, 0.6) is 5.75 Å². The number of aromatic nitrogens is 1. The van der Waals surface area contributed by atoms with Crippen molar-refractivity contribution in [2.24, 2.45) is 0 Å². The zero-order chi connectivity index (χ0) is 17.2. The lowest BCUT2D eigenvalue weighted by molar-refractivity contribution is 0.197. The molecule has 4 rings (SSSR count). The zero-order valence-electron chi connectivity index (χ0n) is 14.2. The Morgan fingerprint density at radius 2 is 2.16 bits per heavy atom. The van der Waals surface area contributed by atoms with Crippen LogP contribution in [0.2, 0.25) is 0 Å². The number of ether oxygens (including phenoxy) is 1. The Morgan fingerprint density at radius 3 is 3.00 bits per heavy atom. The maximum Gasteiger partial charge on any atom is 0.123 e. The van der Waals surface area contributed by atoms with Crippen molar-refractivity contribution in [1.82, 2.24) is 9.88 Å². The van der Waals surface area contributed by atoms with Crippen LogP contribution >= 0.6 is 11.3 Å². The molecule has 3 nitrogen and oxygen atoms in total. The molecule has 2 aromatic carbocycles. The lowest BCUT2D eigenvalue weighted by atomic mass is 9.98. The number of piperidine rings is 1. The number of hydrogen-bond donors (Lipinski definition) is 0. The fourth-order valence-electron chi connectivity index (χ4n) is 3.58. The van der Waals surface area contributed by atoms with Crippen molar-refractivity contribution in [2.75, 3.05) is 20.2 Å². The van der Waals surface area contributed by atoms with Gasteiger partial charge in [0.25, 0.3) is 0 Å². The second-order valence-electron chi connectivity index (χ2n) is 6.55. The van der Waals surface area contributed by atoms with Crippen molar-refractivity contribution in [3.8, 4) is 5.75 Å². The van der Waals surface area contributed by atoms with Crippen molar-refractivity contribution in [2.45, 2.75) is 25.3 Å². The zero-order valence-corrected chi connectivity index (χ0v) is 15.1. The van der Waals surface area contributed by atoms with Crippen molar-refractivity contribution in [3.63, 3.8) is 0 Å². The predicted octanol–water partition coefficient (Wildman–Crippen LogP) is 4.82. The number of likely N-dealkylation sites (tertiary alicyclic amines) is 1. The summed E-state index contributed by atoms with van der Waals surface area (Å²) in [6.07, 6.45) is 2.30. The minimum absolute atomic E-state index is 0.212. The number of fused-ring (bicyclic) bond motifs is 1. The van der Waals surface area contributed by atoms with E-state index in [4.69, 9.17) is 9.72 Å². The van der Waals surface area contributed by atoms with Crippen LogP contribution in [-0.4, -0.2) is 30.1 Å². The van der Waals surface area contributed by atoms with Crippen LogP contribution in [0.15, 0.2) is 42.5 Å². The summed E-state index contributed by atoms with van der Waals surface area (Å²) in [4.78, 5) is 7.22. The third-order valence-corrected chi connectivity index (χ3v) is 6.00. The number of rotatable bonds is 4. The molecule has 0 spiro atoms. The van der Waals surface area contributed by atoms with Gasteiger partial charge >= 0.3 is 0 Å². The number of methoxy groups -OCH3 is 1. The van der Waals surface area contributed by atoms with E-state index >= 15 is 0 Å². The normalized spacial score (nSPS) is 18.6. The van der Waals surface area contributed by atoms with Gasteiger partial charge in [0.15, 0.2) is 0 Å². The number of nitrogens with zero attached hydrogens (tertiary/aromatic N) is 2. The van der Waals surface area contributed by atoms with E-state index in [2.05, 4.69) is 23.1 Å². The molecular weight excluding hydrogens is 335 g/mol. The number of thiazole rings is 1. The van der Waals surface area contributed by atoms with E-state index in [0.717, 1.165) is 42.8 Å². The Kier molecular flexibility index (Phi) is 4.68. The lowest BCUT2D eigenvalue weighted by Gasteiger charge is -2.32. The first-order valence-electron chi connectivity index (χ1n) is 8.63. The second kappa shape index (κ2) is 7.10. The molecule has 2 heterocycles. The molecule has 1 aliphatic rings. The van der Waals surface area contributed by atoms with Gasteiger partial charge in [-0.25, -0.2) is 9.37 Å². The van der Waals surface area contributed by atoms with E-state index in [1.54, 1.807) is 30.6 Å². The van der Waals surface area contributed by atoms with Gasteiger partial charge < -0.3 is 4.74 Å². The summed E-state index contributed by atoms with van der Waals surface area (Å²) in [5.41, 5.74) is 2.00. The molecule has 5 heteroatoms. The van der Waals surface area contributed by atoms with Gasteiger partial charge in [0.1, 0.15) is 11.6 Å². The van der Waals surface area contributed by atoms with E-state index in [0.29, 0.717) is 12.5 Å². The smallest absolute Gasteiger partial charge is 0.123 e. The highest BCUT2D eigenvalue weighted by molar-refractivity contribution is 7.18. The Labute approximate surface area is 151 Å². The highest BCUT2D eigenvalue weighted by atomic mass is 32.1. The van der Waals surface area contributed by atoms with E-state index in [1.807, 2.05) is 6.07 Å². The highest BCUT2D eigenvalue weighted by Crippen LogP contribution is 2.34. The van der Waals surface area contributed by atoms with Crippen molar-refractivity contribution in [1.29, 1.82) is 0 Å². The Morgan fingerprint density at radius 1 is 1.28 bits per heavy atom. The molecule has 1 saturated heterocycles. The molecule has 1 aliphatic heterocycles. The fourth-order valence-corrected chi connectivity index (χ4v) is 4.67. The van der Waals surface area contributed by atoms with Crippen LogP contribution in [0.1, 0.15) is 29.3 Å². The first-order chi connectivity index (χ1) is 12.2. The molecule has 1 atom stereocenters. The molecule has 130 valence electrons. The number of halogens is 1. The maximum atomic E-state index is 13.6. The maximum absolute atomic E-state index is 13.6. The average molecular weight is 356 g/mol. The quantitative estimate of drug-likeness (QED) is 0.670. The molecule has 0 N–H and O–H groups in total. The molecule has 0 bridgehead atoms. The molecule has 0 radical (unpaired) electrons. The summed E-state index contributed by atoms with van der Waals surface area (Å²) in [7, 11) is 1.64. The minimum Gasteiger partial charge on any atom is -0.496 e. The first-order valence-corrected chi connectivity index (χ1v) is 9.45. The van der Waals surface area contributed by atoms with Crippen LogP contribution in [0.3, 0.4) is 0 Å². The van der Waals surface area contributed by atoms with Gasteiger partial charge in [-0.05, 0) is 49.7 Å². The molecule has 25 heavy (non-hydrogen) atoms. The number of benzene rings is 2. The Bertz CT molecular complexity index is 846. The standard InChI is InChI=1S/C20H21FN2OS/c1-24-18-9-8-16(21)11-15(18)13-23-10-4-5-14(12-23)20-22-17-6-2-3-7-19(17)25-20/h2-3,6-9,11,14H,4-5,10,12-13H2,1H3/t14-/m0/s1. The molecule has 0 saturated carbocycles. The highest BCUT2D eigenvalue weighted by Gasteiger charge is 2.24. The molecule has 0 aliphatic carbocycles. The molecule has 1 aromatic heterocycles. The van der Waals surface area contributed by atoms with E-state index in [-0.39, 0.29) is 5.82 Å². The summed E-state index contributed by atoms with van der Waals surface area (Å²) >= 11 is 1.80. The van der Waals surface area contributed by atoms with Crippen LogP contribution in [0.25, 0.3) is 10.2 Å². The Balaban J connectivity index is 1.52. The van der Waals surface area contributed by atoms with Crippen molar-refractivity contribution < 1.29 is 9.13 Å². The molecular formula is C20H21FN2OS. The van der Waals surface area contributed by atoms with Gasteiger partial charge in [-0.3, -0.25) is 4.90 Å². The van der Waals surface area contributed by atoms with Crippen molar-refractivity contribution >= 4 is 21.6 Å². The number of para-hydroxylation sites is 1. The Hall–Kier alpha value is -1.98.